The predicted octanol–water partition coefficient (Wildman–Crippen LogP) is 5.04. The van der Waals surface area contributed by atoms with Gasteiger partial charge in [-0.15, -0.1) is 0 Å². The average molecular weight is 338 g/mol. The van der Waals surface area contributed by atoms with E-state index >= 15 is 0 Å². The summed E-state index contributed by atoms with van der Waals surface area (Å²) in [6.07, 6.45) is 1.63. The van der Waals surface area contributed by atoms with Gasteiger partial charge in [0.2, 0.25) is 0 Å². The van der Waals surface area contributed by atoms with E-state index < -0.39 is 0 Å². The lowest BCUT2D eigenvalue weighted by Gasteiger charge is -2.09. The molecule has 0 fully saturated rings. The van der Waals surface area contributed by atoms with Crippen LogP contribution in [0, 0.1) is 6.92 Å². The summed E-state index contributed by atoms with van der Waals surface area (Å²) in [7, 11) is 0. The molecule has 1 amide bonds. The van der Waals surface area contributed by atoms with E-state index in [0.717, 1.165) is 22.6 Å². The van der Waals surface area contributed by atoms with Gasteiger partial charge in [-0.1, -0.05) is 29.8 Å². The number of carbonyl (C=O) groups excluding carboxylic acids is 1. The number of pyridine rings is 1. The van der Waals surface area contributed by atoms with Gasteiger partial charge in [0.05, 0.1) is 11.9 Å². The summed E-state index contributed by atoms with van der Waals surface area (Å²) in [5.74, 6) is -0.234. The Morgan fingerprint density at radius 1 is 0.958 bits per heavy atom. The number of nitrogens with zero attached hydrogens (tertiary/aromatic N) is 1. The van der Waals surface area contributed by atoms with Crippen LogP contribution in [0.3, 0.4) is 0 Å². The van der Waals surface area contributed by atoms with Gasteiger partial charge < -0.3 is 10.6 Å². The van der Waals surface area contributed by atoms with E-state index in [0.29, 0.717) is 10.7 Å². The number of nitrogens with one attached hydrogen (secondary N) is 2. The van der Waals surface area contributed by atoms with Crippen LogP contribution in [0.4, 0.5) is 17.1 Å². The highest BCUT2D eigenvalue weighted by Gasteiger charge is 2.09. The molecule has 1 heterocycles. The molecule has 4 nitrogen and oxygen atoms in total. The fourth-order valence-corrected chi connectivity index (χ4v) is 2.33. The van der Waals surface area contributed by atoms with Crippen molar-refractivity contribution in [2.45, 2.75) is 6.92 Å². The molecule has 24 heavy (non-hydrogen) atoms. The standard InChI is InChI=1S/C19H16ClN3O/c1-13-4-2-3-5-17(13)23-19(24)18-11-10-16(12-21-18)22-15-8-6-14(20)7-9-15/h2-12,22H,1H3,(H,23,24). The van der Waals surface area contributed by atoms with E-state index in [9.17, 15) is 4.79 Å². The van der Waals surface area contributed by atoms with Crippen LogP contribution in [0.2, 0.25) is 5.02 Å². The van der Waals surface area contributed by atoms with Gasteiger partial charge in [-0.3, -0.25) is 4.79 Å². The number of benzene rings is 2. The van der Waals surface area contributed by atoms with Crippen molar-refractivity contribution in [2.75, 3.05) is 10.6 Å². The maximum Gasteiger partial charge on any atom is 0.274 e. The average Bonchev–Trinajstić information content (AvgIpc) is 2.59. The largest absolute Gasteiger partial charge is 0.354 e. The first-order valence-electron chi connectivity index (χ1n) is 7.47. The van der Waals surface area contributed by atoms with E-state index in [1.54, 1.807) is 24.4 Å². The summed E-state index contributed by atoms with van der Waals surface area (Å²) in [6, 6.07) is 18.5. The molecule has 0 aliphatic rings. The number of carbonyl (C=O) groups is 1. The molecule has 0 aliphatic carbocycles. The van der Waals surface area contributed by atoms with Crippen LogP contribution in [0.5, 0.6) is 0 Å². The number of aromatic nitrogens is 1. The van der Waals surface area contributed by atoms with Crippen molar-refractivity contribution in [3.8, 4) is 0 Å². The molecule has 0 aliphatic heterocycles. The second-order valence-corrected chi connectivity index (χ2v) is 5.77. The molecule has 0 unspecified atom stereocenters. The molecular formula is C19H16ClN3O. The molecule has 3 rings (SSSR count). The van der Waals surface area contributed by atoms with Gasteiger partial charge in [0.15, 0.2) is 0 Å². The van der Waals surface area contributed by atoms with Crippen LogP contribution < -0.4 is 10.6 Å². The van der Waals surface area contributed by atoms with Gasteiger partial charge in [-0.25, -0.2) is 4.98 Å². The Bertz CT molecular complexity index is 845. The molecule has 3 aromatic rings. The minimum Gasteiger partial charge on any atom is -0.354 e. The fraction of sp³-hybridized carbons (Fsp3) is 0.0526. The number of para-hydroxylation sites is 1. The summed E-state index contributed by atoms with van der Waals surface area (Å²) in [6.45, 7) is 1.95. The number of hydrogen-bond acceptors (Lipinski definition) is 3. The third kappa shape index (κ3) is 3.91. The minimum absolute atomic E-state index is 0.234. The van der Waals surface area contributed by atoms with Crippen molar-refractivity contribution in [3.63, 3.8) is 0 Å². The lowest BCUT2D eigenvalue weighted by atomic mass is 10.2. The van der Waals surface area contributed by atoms with Gasteiger partial charge in [0, 0.05) is 16.4 Å². The molecule has 0 radical (unpaired) electrons. The van der Waals surface area contributed by atoms with Gasteiger partial charge >= 0.3 is 0 Å². The van der Waals surface area contributed by atoms with E-state index in [2.05, 4.69) is 15.6 Å². The lowest BCUT2D eigenvalue weighted by molar-refractivity contribution is 0.102. The zero-order valence-corrected chi connectivity index (χ0v) is 13.8. The maximum absolute atomic E-state index is 12.3. The van der Waals surface area contributed by atoms with Crippen molar-refractivity contribution < 1.29 is 4.79 Å². The summed E-state index contributed by atoms with van der Waals surface area (Å²) in [4.78, 5) is 16.5. The smallest absolute Gasteiger partial charge is 0.274 e. The maximum atomic E-state index is 12.3. The summed E-state index contributed by atoms with van der Waals surface area (Å²) in [5, 5.41) is 6.75. The molecular weight excluding hydrogens is 322 g/mol. The number of anilines is 3. The summed E-state index contributed by atoms with van der Waals surface area (Å²) >= 11 is 5.86. The second kappa shape index (κ2) is 7.15. The third-order valence-corrected chi connectivity index (χ3v) is 3.77. The number of amides is 1. The molecule has 0 atom stereocenters. The van der Waals surface area contributed by atoms with Crippen LogP contribution in [-0.4, -0.2) is 10.9 Å². The highest BCUT2D eigenvalue weighted by atomic mass is 35.5. The molecule has 1 aromatic heterocycles. The first kappa shape index (κ1) is 16.0. The Morgan fingerprint density at radius 3 is 2.33 bits per heavy atom. The topological polar surface area (TPSA) is 54.0 Å². The predicted molar refractivity (Wildman–Crippen MR) is 98.1 cm³/mol. The SMILES string of the molecule is Cc1ccccc1NC(=O)c1ccc(Nc2ccc(Cl)cc2)cn1. The minimum atomic E-state index is -0.234. The van der Waals surface area contributed by atoms with Crippen molar-refractivity contribution in [1.82, 2.24) is 4.98 Å². The van der Waals surface area contributed by atoms with E-state index in [1.165, 1.54) is 0 Å². The quantitative estimate of drug-likeness (QED) is 0.701. The lowest BCUT2D eigenvalue weighted by Crippen LogP contribution is -2.14. The van der Waals surface area contributed by atoms with Gasteiger partial charge in [0.1, 0.15) is 5.69 Å². The number of rotatable bonds is 4. The van der Waals surface area contributed by atoms with Gasteiger partial charge in [0.25, 0.3) is 5.91 Å². The molecule has 0 spiro atoms. The van der Waals surface area contributed by atoms with Crippen molar-refractivity contribution in [3.05, 3.63) is 83.1 Å². The van der Waals surface area contributed by atoms with Crippen LogP contribution in [-0.2, 0) is 0 Å². The Balaban J connectivity index is 1.68. The monoisotopic (exact) mass is 337 g/mol. The zero-order chi connectivity index (χ0) is 16.9. The molecule has 0 saturated heterocycles. The number of aryl methyl sites for hydroxylation is 1. The van der Waals surface area contributed by atoms with Crippen LogP contribution in [0.25, 0.3) is 0 Å². The molecule has 120 valence electrons. The molecule has 2 N–H and O–H groups in total. The van der Waals surface area contributed by atoms with Gasteiger partial charge in [-0.2, -0.15) is 0 Å². The van der Waals surface area contributed by atoms with E-state index in [-0.39, 0.29) is 5.91 Å². The van der Waals surface area contributed by atoms with E-state index in [1.807, 2.05) is 49.4 Å². The van der Waals surface area contributed by atoms with Crippen LogP contribution in [0.1, 0.15) is 16.1 Å². The summed E-state index contributed by atoms with van der Waals surface area (Å²) < 4.78 is 0. The van der Waals surface area contributed by atoms with E-state index in [4.69, 9.17) is 11.6 Å². The number of hydrogen-bond donors (Lipinski definition) is 2. The summed E-state index contributed by atoms with van der Waals surface area (Å²) in [5.41, 5.74) is 3.85. The Morgan fingerprint density at radius 2 is 1.67 bits per heavy atom. The Hall–Kier alpha value is -2.85. The molecule has 0 saturated carbocycles. The first-order valence-corrected chi connectivity index (χ1v) is 7.85. The molecule has 2 aromatic carbocycles. The first-order chi connectivity index (χ1) is 11.6. The third-order valence-electron chi connectivity index (χ3n) is 3.52. The number of halogens is 1. The fourth-order valence-electron chi connectivity index (χ4n) is 2.20. The Labute approximate surface area is 145 Å². The van der Waals surface area contributed by atoms with Crippen LogP contribution in [0.15, 0.2) is 66.9 Å². The molecule has 0 bridgehead atoms. The van der Waals surface area contributed by atoms with Crippen molar-refractivity contribution in [1.29, 1.82) is 0 Å². The van der Waals surface area contributed by atoms with Crippen molar-refractivity contribution >= 4 is 34.6 Å². The molecule has 5 heteroatoms. The highest BCUT2D eigenvalue weighted by Crippen LogP contribution is 2.19. The van der Waals surface area contributed by atoms with Crippen molar-refractivity contribution in [2.24, 2.45) is 0 Å². The normalized spacial score (nSPS) is 10.2. The Kier molecular flexibility index (Phi) is 4.77. The van der Waals surface area contributed by atoms with Crippen LogP contribution >= 0.6 is 11.6 Å². The van der Waals surface area contributed by atoms with Gasteiger partial charge in [-0.05, 0) is 55.0 Å². The second-order valence-electron chi connectivity index (χ2n) is 5.33. The highest BCUT2D eigenvalue weighted by molar-refractivity contribution is 6.30. The zero-order valence-electron chi connectivity index (χ0n) is 13.1.